The summed E-state index contributed by atoms with van der Waals surface area (Å²) in [5.74, 6) is 0.683. The fraction of sp³-hybridized carbons (Fsp3) is 0.385. The number of aromatic nitrogens is 1. The van der Waals surface area contributed by atoms with E-state index < -0.39 is 0 Å². The molecule has 3 nitrogen and oxygen atoms in total. The predicted octanol–water partition coefficient (Wildman–Crippen LogP) is 3.58. The van der Waals surface area contributed by atoms with Crippen LogP contribution in [0.2, 0.25) is 0 Å². The molecule has 1 amide bonds. The van der Waals surface area contributed by atoms with Crippen LogP contribution in [0, 0.1) is 5.92 Å². The van der Waals surface area contributed by atoms with E-state index in [1.165, 1.54) is 28.3 Å². The minimum absolute atomic E-state index is 0.0517. The Balaban J connectivity index is 1.76. The molecule has 0 saturated heterocycles. The molecule has 0 fully saturated rings. The number of fused-ring (bicyclic) bond motifs is 1. The molecule has 18 heavy (non-hydrogen) atoms. The van der Waals surface area contributed by atoms with E-state index in [1.807, 2.05) is 17.5 Å². The highest BCUT2D eigenvalue weighted by atomic mass is 32.1. The first kappa shape index (κ1) is 11.9. The van der Waals surface area contributed by atoms with Gasteiger partial charge in [0, 0.05) is 4.88 Å². The van der Waals surface area contributed by atoms with E-state index in [-0.39, 0.29) is 5.91 Å². The Morgan fingerprint density at radius 1 is 1.56 bits per heavy atom. The first-order valence-corrected chi connectivity index (χ1v) is 7.75. The molecule has 0 spiro atoms. The van der Waals surface area contributed by atoms with Crippen molar-refractivity contribution in [3.63, 3.8) is 0 Å². The van der Waals surface area contributed by atoms with Gasteiger partial charge in [-0.3, -0.25) is 10.1 Å². The number of carbonyl (C=O) groups is 1. The van der Waals surface area contributed by atoms with Crippen LogP contribution in [0.15, 0.2) is 17.5 Å². The highest BCUT2D eigenvalue weighted by Gasteiger charge is 2.20. The quantitative estimate of drug-likeness (QED) is 0.912. The lowest BCUT2D eigenvalue weighted by molar-refractivity contribution is 0.103. The van der Waals surface area contributed by atoms with E-state index in [0.29, 0.717) is 0 Å². The molecular formula is C13H14N2OS2. The molecule has 0 bridgehead atoms. The third-order valence-corrected chi connectivity index (χ3v) is 5.06. The molecule has 0 saturated carbocycles. The summed E-state index contributed by atoms with van der Waals surface area (Å²) in [6.45, 7) is 2.27. The number of hydrogen-bond acceptors (Lipinski definition) is 4. The SMILES string of the molecule is C[C@H]1CCc2nc(NC(=O)c3cccs3)sc2C1. The van der Waals surface area contributed by atoms with Gasteiger partial charge in [-0.25, -0.2) is 4.98 Å². The van der Waals surface area contributed by atoms with Gasteiger partial charge in [0.1, 0.15) is 0 Å². The zero-order valence-corrected chi connectivity index (χ0v) is 11.7. The van der Waals surface area contributed by atoms with Crippen molar-refractivity contribution in [2.45, 2.75) is 26.2 Å². The lowest BCUT2D eigenvalue weighted by atomic mass is 9.93. The van der Waals surface area contributed by atoms with Gasteiger partial charge >= 0.3 is 0 Å². The molecule has 1 N–H and O–H groups in total. The number of aryl methyl sites for hydroxylation is 1. The van der Waals surface area contributed by atoms with Crippen LogP contribution in [0.1, 0.15) is 33.6 Å². The summed E-state index contributed by atoms with van der Waals surface area (Å²) in [6.07, 6.45) is 3.35. The second kappa shape index (κ2) is 4.82. The topological polar surface area (TPSA) is 42.0 Å². The minimum Gasteiger partial charge on any atom is -0.297 e. The summed E-state index contributed by atoms with van der Waals surface area (Å²) in [4.78, 5) is 18.5. The molecule has 0 unspecified atom stereocenters. The number of anilines is 1. The van der Waals surface area contributed by atoms with Crippen molar-refractivity contribution in [1.29, 1.82) is 0 Å². The van der Waals surface area contributed by atoms with Crippen molar-refractivity contribution >= 4 is 33.7 Å². The number of nitrogens with zero attached hydrogens (tertiary/aromatic N) is 1. The summed E-state index contributed by atoms with van der Waals surface area (Å²) in [7, 11) is 0. The van der Waals surface area contributed by atoms with Gasteiger partial charge in [-0.15, -0.1) is 22.7 Å². The van der Waals surface area contributed by atoms with Crippen molar-refractivity contribution in [2.24, 2.45) is 5.92 Å². The molecule has 94 valence electrons. The van der Waals surface area contributed by atoms with Crippen LogP contribution in [-0.4, -0.2) is 10.9 Å². The highest BCUT2D eigenvalue weighted by Crippen LogP contribution is 2.32. The van der Waals surface area contributed by atoms with Gasteiger partial charge in [-0.2, -0.15) is 0 Å². The molecule has 1 aliphatic carbocycles. The third-order valence-electron chi connectivity index (χ3n) is 3.15. The Hall–Kier alpha value is -1.20. The molecule has 0 radical (unpaired) electrons. The van der Waals surface area contributed by atoms with Crippen molar-refractivity contribution in [3.8, 4) is 0 Å². The van der Waals surface area contributed by atoms with Crippen LogP contribution < -0.4 is 5.32 Å². The van der Waals surface area contributed by atoms with E-state index in [2.05, 4.69) is 17.2 Å². The number of amides is 1. The van der Waals surface area contributed by atoms with Crippen molar-refractivity contribution < 1.29 is 4.79 Å². The normalized spacial score (nSPS) is 18.4. The summed E-state index contributed by atoms with van der Waals surface area (Å²) >= 11 is 3.08. The average molecular weight is 278 g/mol. The summed E-state index contributed by atoms with van der Waals surface area (Å²) in [6, 6.07) is 3.71. The Labute approximate surface area is 114 Å². The third kappa shape index (κ3) is 2.33. The maximum absolute atomic E-state index is 11.9. The van der Waals surface area contributed by atoms with Crippen LogP contribution in [0.4, 0.5) is 5.13 Å². The molecule has 0 aliphatic heterocycles. The molecule has 3 rings (SSSR count). The largest absolute Gasteiger partial charge is 0.297 e. The van der Waals surface area contributed by atoms with E-state index >= 15 is 0 Å². The van der Waals surface area contributed by atoms with Crippen LogP contribution >= 0.6 is 22.7 Å². The molecule has 1 aliphatic rings. The van der Waals surface area contributed by atoms with E-state index in [0.717, 1.165) is 28.8 Å². The van der Waals surface area contributed by atoms with Crippen molar-refractivity contribution in [3.05, 3.63) is 33.0 Å². The van der Waals surface area contributed by atoms with Gasteiger partial charge in [0.2, 0.25) is 0 Å². The molecule has 0 aromatic carbocycles. The lowest BCUT2D eigenvalue weighted by Crippen LogP contribution is -2.10. The Morgan fingerprint density at radius 3 is 3.22 bits per heavy atom. The summed E-state index contributed by atoms with van der Waals surface area (Å²) < 4.78 is 0. The average Bonchev–Trinajstić information content (AvgIpc) is 2.95. The Morgan fingerprint density at radius 2 is 2.44 bits per heavy atom. The molecule has 2 aromatic heterocycles. The number of carbonyl (C=O) groups excluding carboxylic acids is 1. The van der Waals surface area contributed by atoms with Gasteiger partial charge in [0.05, 0.1) is 10.6 Å². The second-order valence-electron chi connectivity index (χ2n) is 4.67. The van der Waals surface area contributed by atoms with E-state index in [4.69, 9.17) is 0 Å². The fourth-order valence-corrected chi connectivity index (χ4v) is 3.95. The standard InChI is InChI=1S/C13H14N2OS2/c1-8-4-5-9-11(7-8)18-13(14-9)15-12(16)10-3-2-6-17-10/h2-3,6,8H,4-5,7H2,1H3,(H,14,15,16)/t8-/m0/s1. The molecule has 2 aromatic rings. The van der Waals surface area contributed by atoms with Gasteiger partial charge in [0.15, 0.2) is 5.13 Å². The van der Waals surface area contributed by atoms with Crippen molar-refractivity contribution in [2.75, 3.05) is 5.32 Å². The second-order valence-corrected chi connectivity index (χ2v) is 6.70. The highest BCUT2D eigenvalue weighted by molar-refractivity contribution is 7.16. The number of nitrogens with one attached hydrogen (secondary N) is 1. The Bertz CT molecular complexity index is 560. The van der Waals surface area contributed by atoms with Crippen LogP contribution in [0.3, 0.4) is 0 Å². The van der Waals surface area contributed by atoms with Gasteiger partial charge in [-0.05, 0) is 36.6 Å². The maximum atomic E-state index is 11.9. The van der Waals surface area contributed by atoms with Crippen LogP contribution in [0.5, 0.6) is 0 Å². The molecular weight excluding hydrogens is 264 g/mol. The van der Waals surface area contributed by atoms with Gasteiger partial charge < -0.3 is 0 Å². The zero-order chi connectivity index (χ0) is 12.5. The maximum Gasteiger partial charge on any atom is 0.267 e. The first-order chi connectivity index (χ1) is 8.72. The number of thiophene rings is 1. The number of rotatable bonds is 2. The number of thiazole rings is 1. The lowest BCUT2D eigenvalue weighted by Gasteiger charge is -2.15. The van der Waals surface area contributed by atoms with Gasteiger partial charge in [0.25, 0.3) is 5.91 Å². The smallest absolute Gasteiger partial charge is 0.267 e. The Kier molecular flexibility index (Phi) is 3.18. The zero-order valence-electron chi connectivity index (χ0n) is 10.1. The molecule has 1 atom stereocenters. The minimum atomic E-state index is -0.0517. The summed E-state index contributed by atoms with van der Waals surface area (Å²) in [5, 5.41) is 5.54. The fourth-order valence-electron chi connectivity index (χ4n) is 2.16. The van der Waals surface area contributed by atoms with Gasteiger partial charge in [-0.1, -0.05) is 13.0 Å². The predicted molar refractivity (Wildman–Crippen MR) is 75.6 cm³/mol. The number of hydrogen-bond donors (Lipinski definition) is 1. The van der Waals surface area contributed by atoms with Crippen LogP contribution in [-0.2, 0) is 12.8 Å². The van der Waals surface area contributed by atoms with E-state index in [1.54, 1.807) is 11.3 Å². The van der Waals surface area contributed by atoms with Crippen molar-refractivity contribution in [1.82, 2.24) is 4.98 Å². The monoisotopic (exact) mass is 278 g/mol. The molecule has 2 heterocycles. The van der Waals surface area contributed by atoms with Crippen LogP contribution in [0.25, 0.3) is 0 Å². The van der Waals surface area contributed by atoms with E-state index in [9.17, 15) is 4.79 Å². The molecule has 5 heteroatoms. The first-order valence-electron chi connectivity index (χ1n) is 6.06. The summed E-state index contributed by atoms with van der Waals surface area (Å²) in [5.41, 5.74) is 1.18.